The quantitative estimate of drug-likeness (QED) is 0.586. The Bertz CT molecular complexity index is 784. The van der Waals surface area contributed by atoms with Crippen LogP contribution in [0.1, 0.15) is 18.4 Å². The Morgan fingerprint density at radius 3 is 2.77 bits per heavy atom. The van der Waals surface area contributed by atoms with Gasteiger partial charge in [0.2, 0.25) is 11.8 Å². The van der Waals surface area contributed by atoms with E-state index in [1.807, 2.05) is 31.2 Å². The molecule has 0 radical (unpaired) electrons. The standard InChI is InChI=1S/C18H21N3O4S/c1-12-4-3-5-14(10-12)16-19-20-18(25-16)26-11-15(22)21-8-6-13(7-9-21)17(23)24-2/h3-5,10,13H,6-9,11H2,1-2H3. The number of rotatable bonds is 5. The first kappa shape index (κ1) is 18.4. The summed E-state index contributed by atoms with van der Waals surface area (Å²) in [5.74, 6) is 0.389. The second-order valence-electron chi connectivity index (χ2n) is 6.21. The van der Waals surface area contributed by atoms with Crippen LogP contribution in [0.15, 0.2) is 33.9 Å². The molecule has 0 aliphatic carbocycles. The van der Waals surface area contributed by atoms with Crippen LogP contribution in [0, 0.1) is 12.8 Å². The zero-order chi connectivity index (χ0) is 18.5. The monoisotopic (exact) mass is 375 g/mol. The number of ether oxygens (including phenoxy) is 1. The molecule has 8 heteroatoms. The minimum absolute atomic E-state index is 0.00798. The molecule has 0 saturated carbocycles. The van der Waals surface area contributed by atoms with Gasteiger partial charge in [0.1, 0.15) is 0 Å². The molecule has 0 unspecified atom stereocenters. The van der Waals surface area contributed by atoms with Crippen LogP contribution < -0.4 is 0 Å². The highest BCUT2D eigenvalue weighted by Crippen LogP contribution is 2.25. The molecule has 2 heterocycles. The lowest BCUT2D eigenvalue weighted by molar-refractivity contribution is -0.148. The number of nitrogens with zero attached hydrogens (tertiary/aromatic N) is 3. The van der Waals surface area contributed by atoms with Crippen molar-refractivity contribution in [3.8, 4) is 11.5 Å². The summed E-state index contributed by atoms with van der Waals surface area (Å²) in [6.45, 7) is 3.13. The second-order valence-corrected chi connectivity index (χ2v) is 7.14. The molecule has 138 valence electrons. The molecule has 26 heavy (non-hydrogen) atoms. The number of hydrogen-bond acceptors (Lipinski definition) is 7. The molecule has 1 saturated heterocycles. The first-order chi connectivity index (χ1) is 12.6. The van der Waals surface area contributed by atoms with Gasteiger partial charge in [-0.3, -0.25) is 9.59 Å². The van der Waals surface area contributed by atoms with E-state index in [2.05, 4.69) is 10.2 Å². The first-order valence-electron chi connectivity index (χ1n) is 8.46. The van der Waals surface area contributed by atoms with Gasteiger partial charge >= 0.3 is 5.97 Å². The molecule has 1 aliphatic rings. The summed E-state index contributed by atoms with van der Waals surface area (Å²) in [6.07, 6.45) is 1.28. The van der Waals surface area contributed by atoms with E-state index in [4.69, 9.17) is 9.15 Å². The fraction of sp³-hybridized carbons (Fsp3) is 0.444. The van der Waals surface area contributed by atoms with Gasteiger partial charge < -0.3 is 14.1 Å². The average molecular weight is 375 g/mol. The Hall–Kier alpha value is -2.35. The van der Waals surface area contributed by atoms with E-state index in [0.717, 1.165) is 11.1 Å². The van der Waals surface area contributed by atoms with Gasteiger partial charge in [0, 0.05) is 18.7 Å². The van der Waals surface area contributed by atoms with Gasteiger partial charge in [-0.15, -0.1) is 10.2 Å². The van der Waals surface area contributed by atoms with Crippen LogP contribution in [0.25, 0.3) is 11.5 Å². The number of amides is 1. The van der Waals surface area contributed by atoms with Crippen LogP contribution in [0.3, 0.4) is 0 Å². The van der Waals surface area contributed by atoms with E-state index in [1.54, 1.807) is 4.90 Å². The van der Waals surface area contributed by atoms with E-state index in [9.17, 15) is 9.59 Å². The molecule has 0 bridgehead atoms. The number of esters is 1. The highest BCUT2D eigenvalue weighted by Gasteiger charge is 2.28. The molecular formula is C18H21N3O4S. The Morgan fingerprint density at radius 2 is 2.08 bits per heavy atom. The van der Waals surface area contributed by atoms with Crippen molar-refractivity contribution in [1.82, 2.24) is 15.1 Å². The van der Waals surface area contributed by atoms with Crippen molar-refractivity contribution in [2.75, 3.05) is 26.0 Å². The highest BCUT2D eigenvalue weighted by atomic mass is 32.2. The number of likely N-dealkylation sites (tertiary alicyclic amines) is 1. The highest BCUT2D eigenvalue weighted by molar-refractivity contribution is 7.99. The summed E-state index contributed by atoms with van der Waals surface area (Å²) in [7, 11) is 1.39. The van der Waals surface area contributed by atoms with Gasteiger partial charge in [0.05, 0.1) is 18.8 Å². The SMILES string of the molecule is COC(=O)C1CCN(C(=O)CSc2nnc(-c3cccc(C)c3)o2)CC1. The molecule has 1 aromatic heterocycles. The molecule has 7 nitrogen and oxygen atoms in total. The van der Waals surface area contributed by atoms with Crippen LogP contribution in [-0.2, 0) is 14.3 Å². The van der Waals surface area contributed by atoms with Crippen molar-refractivity contribution in [1.29, 1.82) is 0 Å². The lowest BCUT2D eigenvalue weighted by Gasteiger charge is -2.30. The van der Waals surface area contributed by atoms with Gasteiger partial charge in [-0.25, -0.2) is 0 Å². The lowest BCUT2D eigenvalue weighted by Crippen LogP contribution is -2.41. The van der Waals surface area contributed by atoms with Crippen LogP contribution in [0.4, 0.5) is 0 Å². The third-order valence-corrected chi connectivity index (χ3v) is 5.18. The summed E-state index contributed by atoms with van der Waals surface area (Å²) >= 11 is 1.23. The van der Waals surface area contributed by atoms with Crippen LogP contribution in [0.2, 0.25) is 0 Å². The normalized spacial score (nSPS) is 15.1. The number of piperidine rings is 1. The summed E-state index contributed by atoms with van der Waals surface area (Å²) in [6, 6.07) is 7.81. The predicted molar refractivity (Wildman–Crippen MR) is 96.5 cm³/mol. The molecular weight excluding hydrogens is 354 g/mol. The molecule has 0 N–H and O–H groups in total. The Balaban J connectivity index is 1.50. The van der Waals surface area contributed by atoms with Gasteiger partial charge in [-0.1, -0.05) is 29.5 Å². The van der Waals surface area contributed by atoms with Crippen molar-refractivity contribution < 1.29 is 18.7 Å². The molecule has 0 spiro atoms. The summed E-state index contributed by atoms with van der Waals surface area (Å²) < 4.78 is 10.4. The molecule has 1 fully saturated rings. The number of aryl methyl sites for hydroxylation is 1. The first-order valence-corrected chi connectivity index (χ1v) is 9.44. The van der Waals surface area contributed by atoms with Crippen LogP contribution in [-0.4, -0.2) is 52.9 Å². The van der Waals surface area contributed by atoms with E-state index in [1.165, 1.54) is 18.9 Å². The smallest absolute Gasteiger partial charge is 0.308 e. The van der Waals surface area contributed by atoms with Crippen LogP contribution in [0.5, 0.6) is 0 Å². The predicted octanol–water partition coefficient (Wildman–Crippen LogP) is 2.55. The lowest BCUT2D eigenvalue weighted by atomic mass is 9.97. The minimum atomic E-state index is -0.194. The van der Waals surface area contributed by atoms with Crippen molar-refractivity contribution in [2.24, 2.45) is 5.92 Å². The van der Waals surface area contributed by atoms with Crippen molar-refractivity contribution >= 4 is 23.6 Å². The minimum Gasteiger partial charge on any atom is -0.469 e. The zero-order valence-corrected chi connectivity index (χ0v) is 15.6. The Morgan fingerprint density at radius 1 is 1.31 bits per heavy atom. The fourth-order valence-corrected chi connectivity index (χ4v) is 3.57. The topological polar surface area (TPSA) is 85.5 Å². The molecule has 3 rings (SSSR count). The van der Waals surface area contributed by atoms with Crippen molar-refractivity contribution in [3.63, 3.8) is 0 Å². The molecule has 2 aromatic rings. The second kappa shape index (κ2) is 8.35. The van der Waals surface area contributed by atoms with Gasteiger partial charge in [-0.2, -0.15) is 0 Å². The maximum atomic E-state index is 12.3. The number of benzene rings is 1. The number of carbonyl (C=O) groups is 2. The van der Waals surface area contributed by atoms with E-state index >= 15 is 0 Å². The van der Waals surface area contributed by atoms with E-state index in [0.29, 0.717) is 37.0 Å². The Kier molecular flexibility index (Phi) is 5.92. The number of hydrogen-bond donors (Lipinski definition) is 0. The zero-order valence-electron chi connectivity index (χ0n) is 14.8. The average Bonchev–Trinajstić information content (AvgIpc) is 3.14. The number of aromatic nitrogens is 2. The third kappa shape index (κ3) is 4.43. The van der Waals surface area contributed by atoms with Crippen molar-refractivity contribution in [2.45, 2.75) is 25.0 Å². The molecule has 1 aromatic carbocycles. The van der Waals surface area contributed by atoms with Gasteiger partial charge in [0.25, 0.3) is 5.22 Å². The summed E-state index contributed by atoms with van der Waals surface area (Å²) in [5.41, 5.74) is 1.97. The Labute approximate surface area is 156 Å². The summed E-state index contributed by atoms with van der Waals surface area (Å²) in [5, 5.41) is 8.42. The maximum absolute atomic E-state index is 12.3. The number of methoxy groups -OCH3 is 1. The fourth-order valence-electron chi connectivity index (χ4n) is 2.91. The molecule has 1 aliphatic heterocycles. The molecule has 0 atom stereocenters. The van der Waals surface area contributed by atoms with Crippen molar-refractivity contribution in [3.05, 3.63) is 29.8 Å². The van der Waals surface area contributed by atoms with Gasteiger partial charge in [-0.05, 0) is 31.9 Å². The van der Waals surface area contributed by atoms with Crippen LogP contribution >= 0.6 is 11.8 Å². The number of thioether (sulfide) groups is 1. The number of carbonyl (C=O) groups excluding carboxylic acids is 2. The van der Waals surface area contributed by atoms with E-state index < -0.39 is 0 Å². The van der Waals surface area contributed by atoms with E-state index in [-0.39, 0.29) is 23.5 Å². The summed E-state index contributed by atoms with van der Waals surface area (Å²) in [4.78, 5) is 25.6. The molecule has 1 amide bonds. The maximum Gasteiger partial charge on any atom is 0.308 e. The van der Waals surface area contributed by atoms with Gasteiger partial charge in [0.15, 0.2) is 0 Å². The third-order valence-electron chi connectivity index (χ3n) is 4.37. The largest absolute Gasteiger partial charge is 0.469 e.